The second-order valence-electron chi connectivity index (χ2n) is 6.46. The van der Waals surface area contributed by atoms with Crippen LogP contribution in [0.25, 0.3) is 0 Å². The molecule has 2 aromatic rings. The lowest BCUT2D eigenvalue weighted by atomic mass is 9.94. The van der Waals surface area contributed by atoms with E-state index in [1.807, 2.05) is 30.3 Å². The molecular formula is C20H25Cl2NO. The minimum Gasteiger partial charge on any atom is -1.00 e. The van der Waals surface area contributed by atoms with Gasteiger partial charge in [-0.05, 0) is 43.4 Å². The summed E-state index contributed by atoms with van der Waals surface area (Å²) in [6.45, 7) is 2.26. The fraction of sp³-hybridized carbons (Fsp3) is 0.400. The van der Waals surface area contributed by atoms with E-state index in [1.54, 1.807) is 0 Å². The maximum absolute atomic E-state index is 11.1. The first-order valence-corrected chi connectivity index (χ1v) is 8.96. The van der Waals surface area contributed by atoms with Crippen LogP contribution < -0.4 is 17.3 Å². The maximum atomic E-state index is 11.1. The van der Waals surface area contributed by atoms with Crippen LogP contribution in [0.3, 0.4) is 0 Å². The molecule has 1 saturated heterocycles. The molecule has 2 nitrogen and oxygen atoms in total. The third kappa shape index (κ3) is 4.73. The number of aliphatic hydroxyl groups is 1. The van der Waals surface area contributed by atoms with Gasteiger partial charge < -0.3 is 22.4 Å². The van der Waals surface area contributed by atoms with Crippen molar-refractivity contribution in [2.75, 3.05) is 13.1 Å². The molecule has 4 heteroatoms. The van der Waals surface area contributed by atoms with E-state index in [9.17, 15) is 5.11 Å². The molecule has 3 rings (SSSR count). The summed E-state index contributed by atoms with van der Waals surface area (Å²) in [4.78, 5) is 1.50. The topological polar surface area (TPSA) is 24.7 Å². The number of rotatable bonds is 4. The number of aliphatic hydroxyl groups excluding tert-OH is 1. The highest BCUT2D eigenvalue weighted by Gasteiger charge is 2.32. The van der Waals surface area contributed by atoms with Crippen LogP contribution in [0.5, 0.6) is 0 Å². The van der Waals surface area contributed by atoms with Crippen molar-refractivity contribution in [2.45, 2.75) is 37.8 Å². The quantitative estimate of drug-likeness (QED) is 0.813. The number of likely N-dealkylation sites (tertiary alicyclic amines) is 1. The summed E-state index contributed by atoms with van der Waals surface area (Å²) in [5.41, 5.74) is 2.16. The highest BCUT2D eigenvalue weighted by Crippen LogP contribution is 2.28. The monoisotopic (exact) mass is 365 g/mol. The summed E-state index contributed by atoms with van der Waals surface area (Å²) >= 11 is 6.00. The predicted octanol–water partition coefficient (Wildman–Crippen LogP) is 0.578. The van der Waals surface area contributed by atoms with Crippen molar-refractivity contribution < 1.29 is 22.4 Å². The summed E-state index contributed by atoms with van der Waals surface area (Å²) in [6, 6.07) is 18.1. The summed E-state index contributed by atoms with van der Waals surface area (Å²) in [6.07, 6.45) is 4.59. The predicted molar refractivity (Wildman–Crippen MR) is 94.8 cm³/mol. The normalized spacial score (nSPS) is 18.2. The lowest BCUT2D eigenvalue weighted by molar-refractivity contribution is -0.935. The molecule has 0 spiro atoms. The van der Waals surface area contributed by atoms with Gasteiger partial charge in [-0.15, -0.1) is 0 Å². The Labute approximate surface area is 155 Å². The molecule has 2 unspecified atom stereocenters. The Bertz CT molecular complexity index is 595. The Morgan fingerprint density at radius 1 is 0.792 bits per heavy atom. The summed E-state index contributed by atoms with van der Waals surface area (Å²) in [5, 5.41) is 11.8. The minimum absolute atomic E-state index is 0. The van der Waals surface area contributed by atoms with Gasteiger partial charge in [0.1, 0.15) is 12.1 Å². The molecule has 0 aromatic heterocycles. The van der Waals surface area contributed by atoms with Crippen molar-refractivity contribution in [1.29, 1.82) is 0 Å². The van der Waals surface area contributed by atoms with E-state index >= 15 is 0 Å². The van der Waals surface area contributed by atoms with Crippen molar-refractivity contribution in [2.24, 2.45) is 0 Å². The molecule has 24 heavy (non-hydrogen) atoms. The summed E-state index contributed by atoms with van der Waals surface area (Å²) < 4.78 is 0. The van der Waals surface area contributed by atoms with E-state index in [2.05, 4.69) is 24.3 Å². The van der Waals surface area contributed by atoms with Gasteiger partial charge in [-0.25, -0.2) is 0 Å². The number of nitrogens with one attached hydrogen (secondary N) is 1. The third-order valence-electron chi connectivity index (χ3n) is 4.87. The highest BCUT2D eigenvalue weighted by molar-refractivity contribution is 6.30. The van der Waals surface area contributed by atoms with Crippen LogP contribution in [0.15, 0.2) is 54.6 Å². The van der Waals surface area contributed by atoms with E-state index in [1.165, 1.54) is 36.1 Å². The van der Waals surface area contributed by atoms with E-state index in [0.29, 0.717) is 5.02 Å². The summed E-state index contributed by atoms with van der Waals surface area (Å²) in [5.74, 6) is 0. The van der Waals surface area contributed by atoms with Gasteiger partial charge in [-0.1, -0.05) is 54.1 Å². The van der Waals surface area contributed by atoms with Crippen LogP contribution in [0.2, 0.25) is 5.02 Å². The second-order valence-corrected chi connectivity index (χ2v) is 6.89. The molecule has 2 atom stereocenters. The standard InChI is InChI=1S/C20H24ClNO.ClH/c21-18-12-10-17(11-13-18)20(23)19(16-8-4-3-5-9-16)22-14-6-1-2-7-15-22;/h3-5,8-13,19-20,23H,1-2,6-7,14-15H2;1H. The average Bonchev–Trinajstić information content (AvgIpc) is 2.86. The molecule has 1 aliphatic rings. The van der Waals surface area contributed by atoms with Gasteiger partial charge >= 0.3 is 0 Å². The molecule has 0 saturated carbocycles. The minimum atomic E-state index is -0.511. The van der Waals surface area contributed by atoms with Crippen LogP contribution >= 0.6 is 11.6 Å². The lowest BCUT2D eigenvalue weighted by Gasteiger charge is -2.31. The van der Waals surface area contributed by atoms with Crippen molar-refractivity contribution >= 4 is 11.6 Å². The van der Waals surface area contributed by atoms with Crippen LogP contribution in [0, 0.1) is 0 Å². The number of quaternary nitrogens is 1. The number of halogens is 2. The molecular weight excluding hydrogens is 341 g/mol. The number of benzene rings is 2. The zero-order chi connectivity index (χ0) is 16.1. The molecule has 0 amide bonds. The molecule has 0 radical (unpaired) electrons. The Morgan fingerprint density at radius 2 is 1.38 bits per heavy atom. The van der Waals surface area contributed by atoms with E-state index in [-0.39, 0.29) is 18.4 Å². The highest BCUT2D eigenvalue weighted by atomic mass is 35.5. The van der Waals surface area contributed by atoms with Crippen LogP contribution in [0.4, 0.5) is 0 Å². The molecule has 2 N–H and O–H groups in total. The van der Waals surface area contributed by atoms with Crippen LogP contribution in [-0.2, 0) is 0 Å². The Balaban J connectivity index is 0.00000208. The van der Waals surface area contributed by atoms with Gasteiger partial charge in [-0.2, -0.15) is 0 Å². The molecule has 0 bridgehead atoms. The Morgan fingerprint density at radius 3 is 1.96 bits per heavy atom. The van der Waals surface area contributed by atoms with Gasteiger partial charge in [0, 0.05) is 10.6 Å². The zero-order valence-corrected chi connectivity index (χ0v) is 15.3. The first-order chi connectivity index (χ1) is 11.3. The molecule has 1 heterocycles. The molecule has 130 valence electrons. The van der Waals surface area contributed by atoms with Crippen LogP contribution in [-0.4, -0.2) is 18.2 Å². The first kappa shape index (κ1) is 19.3. The second kappa shape index (κ2) is 9.43. The first-order valence-electron chi connectivity index (χ1n) is 8.59. The Hall–Kier alpha value is -1.06. The SMILES string of the molecule is OC(c1ccc(Cl)cc1)C(c1ccccc1)[NH+]1CCCCCC1.[Cl-]. The lowest BCUT2D eigenvalue weighted by Crippen LogP contribution is -3.12. The summed E-state index contributed by atoms with van der Waals surface area (Å²) in [7, 11) is 0. The zero-order valence-electron chi connectivity index (χ0n) is 13.8. The van der Waals surface area contributed by atoms with Gasteiger partial charge in [-0.3, -0.25) is 0 Å². The number of hydrogen-bond donors (Lipinski definition) is 2. The van der Waals surface area contributed by atoms with E-state index in [0.717, 1.165) is 18.7 Å². The van der Waals surface area contributed by atoms with Crippen molar-refractivity contribution in [3.05, 3.63) is 70.7 Å². The van der Waals surface area contributed by atoms with Gasteiger partial charge in [0.15, 0.2) is 0 Å². The van der Waals surface area contributed by atoms with E-state index < -0.39 is 6.10 Å². The van der Waals surface area contributed by atoms with E-state index in [4.69, 9.17) is 11.6 Å². The van der Waals surface area contributed by atoms with Gasteiger partial charge in [0.25, 0.3) is 0 Å². The number of hydrogen-bond acceptors (Lipinski definition) is 1. The Kier molecular flexibility index (Phi) is 7.57. The third-order valence-corrected chi connectivity index (χ3v) is 5.12. The van der Waals surface area contributed by atoms with Gasteiger partial charge in [0.2, 0.25) is 0 Å². The van der Waals surface area contributed by atoms with Crippen molar-refractivity contribution in [3.63, 3.8) is 0 Å². The smallest absolute Gasteiger partial charge is 0.144 e. The fourth-order valence-corrected chi connectivity index (χ4v) is 3.77. The van der Waals surface area contributed by atoms with Crippen molar-refractivity contribution in [1.82, 2.24) is 0 Å². The van der Waals surface area contributed by atoms with Gasteiger partial charge in [0.05, 0.1) is 13.1 Å². The molecule has 1 fully saturated rings. The largest absolute Gasteiger partial charge is 1.00 e. The van der Waals surface area contributed by atoms with Crippen molar-refractivity contribution in [3.8, 4) is 0 Å². The molecule has 1 aliphatic heterocycles. The molecule has 2 aromatic carbocycles. The molecule has 0 aliphatic carbocycles. The van der Waals surface area contributed by atoms with Crippen LogP contribution in [0.1, 0.15) is 49.0 Å². The maximum Gasteiger partial charge on any atom is 0.144 e. The average molecular weight is 366 g/mol. The fourth-order valence-electron chi connectivity index (χ4n) is 3.65.